The second-order valence-corrected chi connectivity index (χ2v) is 7.52. The Morgan fingerprint density at radius 2 is 1.83 bits per heavy atom. The van der Waals surface area contributed by atoms with E-state index in [1.807, 2.05) is 25.1 Å². The van der Waals surface area contributed by atoms with Crippen molar-refractivity contribution >= 4 is 17.5 Å². The number of amides is 1. The average molecular weight is 387 g/mol. The Bertz CT molecular complexity index is 951. The van der Waals surface area contributed by atoms with Crippen molar-refractivity contribution in [1.29, 1.82) is 0 Å². The first-order valence-electron chi connectivity index (χ1n) is 10.0. The summed E-state index contributed by atoms with van der Waals surface area (Å²) in [5.41, 5.74) is 2.60. The van der Waals surface area contributed by atoms with Crippen LogP contribution in [0.5, 0.6) is 0 Å². The van der Waals surface area contributed by atoms with Gasteiger partial charge in [-0.1, -0.05) is 36.4 Å². The molecular formula is C23H25N5O. The number of nitrogens with one attached hydrogen (secondary N) is 1. The molecule has 29 heavy (non-hydrogen) atoms. The fourth-order valence-corrected chi connectivity index (χ4v) is 3.72. The molecule has 0 unspecified atom stereocenters. The van der Waals surface area contributed by atoms with E-state index in [9.17, 15) is 4.79 Å². The van der Waals surface area contributed by atoms with Crippen LogP contribution in [0.3, 0.4) is 0 Å². The minimum atomic E-state index is -0.299. The summed E-state index contributed by atoms with van der Waals surface area (Å²) in [4.78, 5) is 18.8. The Kier molecular flexibility index (Phi) is 5.79. The van der Waals surface area contributed by atoms with Gasteiger partial charge in [-0.05, 0) is 61.4 Å². The van der Waals surface area contributed by atoms with Crippen LogP contribution in [-0.2, 0) is 6.42 Å². The molecule has 0 spiro atoms. The summed E-state index contributed by atoms with van der Waals surface area (Å²) in [5, 5.41) is 11.2. The molecule has 0 bridgehead atoms. The summed E-state index contributed by atoms with van der Waals surface area (Å²) in [6.45, 7) is 3.83. The summed E-state index contributed by atoms with van der Waals surface area (Å²) < 4.78 is 0. The lowest BCUT2D eigenvalue weighted by Gasteiger charge is -2.32. The normalized spacial score (nSPS) is 14.6. The topological polar surface area (TPSA) is 71.0 Å². The summed E-state index contributed by atoms with van der Waals surface area (Å²) in [6.07, 6.45) is 5.06. The molecule has 4 rings (SSSR count). The summed E-state index contributed by atoms with van der Waals surface area (Å²) >= 11 is 0. The van der Waals surface area contributed by atoms with E-state index in [4.69, 9.17) is 0 Å². The molecule has 3 aromatic rings. The van der Waals surface area contributed by atoms with Crippen molar-refractivity contribution < 1.29 is 4.79 Å². The van der Waals surface area contributed by atoms with Crippen molar-refractivity contribution in [2.24, 2.45) is 5.92 Å². The lowest BCUT2D eigenvalue weighted by atomic mass is 9.90. The van der Waals surface area contributed by atoms with Crippen LogP contribution in [0.25, 0.3) is 0 Å². The number of hydrogen-bond acceptors (Lipinski definition) is 5. The minimum absolute atomic E-state index is 0.290. The number of carbonyl (C=O) groups is 1. The largest absolute Gasteiger partial charge is 0.355 e. The van der Waals surface area contributed by atoms with Crippen LogP contribution in [-0.4, -0.2) is 34.2 Å². The monoisotopic (exact) mass is 387 g/mol. The number of nitrogens with zero attached hydrogens (tertiary/aromatic N) is 4. The van der Waals surface area contributed by atoms with Crippen molar-refractivity contribution in [1.82, 2.24) is 15.2 Å². The molecule has 2 aromatic heterocycles. The third kappa shape index (κ3) is 4.77. The highest BCUT2D eigenvalue weighted by molar-refractivity contribution is 6.02. The van der Waals surface area contributed by atoms with E-state index >= 15 is 0 Å². The van der Waals surface area contributed by atoms with Gasteiger partial charge in [0, 0.05) is 19.3 Å². The third-order valence-electron chi connectivity index (χ3n) is 5.43. The first-order valence-corrected chi connectivity index (χ1v) is 10.0. The van der Waals surface area contributed by atoms with Gasteiger partial charge >= 0.3 is 0 Å². The number of benzene rings is 1. The highest BCUT2D eigenvalue weighted by atomic mass is 16.2. The number of aromatic nitrogens is 3. The Morgan fingerprint density at radius 3 is 2.52 bits per heavy atom. The summed E-state index contributed by atoms with van der Waals surface area (Å²) in [6, 6.07) is 18.0. The fourth-order valence-electron chi connectivity index (χ4n) is 3.72. The van der Waals surface area contributed by atoms with Gasteiger partial charge in [0.25, 0.3) is 5.91 Å². The van der Waals surface area contributed by atoms with Crippen LogP contribution in [0, 0.1) is 12.8 Å². The fraction of sp³-hybridized carbons (Fsp3) is 0.304. The number of hydrogen-bond donors (Lipinski definition) is 1. The van der Waals surface area contributed by atoms with Crippen LogP contribution in [0.1, 0.15) is 34.5 Å². The maximum atomic E-state index is 12.4. The smallest absolute Gasteiger partial charge is 0.277 e. The molecule has 6 heteroatoms. The molecule has 0 radical (unpaired) electrons. The van der Waals surface area contributed by atoms with Gasteiger partial charge in [-0.25, -0.2) is 4.98 Å². The SMILES string of the molecule is Cc1cccnc1NC(=O)c1ccc(N2CCC(Cc3ccccc3)CC2)nn1. The molecule has 6 nitrogen and oxygen atoms in total. The summed E-state index contributed by atoms with van der Waals surface area (Å²) in [7, 11) is 0. The first-order chi connectivity index (χ1) is 14.2. The Balaban J connectivity index is 1.33. The predicted octanol–water partition coefficient (Wildman–Crippen LogP) is 3.89. The van der Waals surface area contributed by atoms with Crippen molar-refractivity contribution in [2.45, 2.75) is 26.2 Å². The molecule has 0 aliphatic carbocycles. The zero-order valence-corrected chi connectivity index (χ0v) is 16.6. The van der Waals surface area contributed by atoms with Gasteiger partial charge in [0.1, 0.15) is 5.82 Å². The van der Waals surface area contributed by atoms with E-state index in [-0.39, 0.29) is 11.6 Å². The van der Waals surface area contributed by atoms with Gasteiger partial charge in [-0.3, -0.25) is 4.79 Å². The maximum Gasteiger partial charge on any atom is 0.277 e. The number of aryl methyl sites for hydroxylation is 1. The van der Waals surface area contributed by atoms with E-state index in [0.29, 0.717) is 11.7 Å². The van der Waals surface area contributed by atoms with Crippen LogP contribution in [0.2, 0.25) is 0 Å². The van der Waals surface area contributed by atoms with Crippen molar-refractivity contribution in [2.75, 3.05) is 23.3 Å². The van der Waals surface area contributed by atoms with Gasteiger partial charge < -0.3 is 10.2 Å². The Morgan fingerprint density at radius 1 is 1.03 bits per heavy atom. The van der Waals surface area contributed by atoms with E-state index in [0.717, 1.165) is 43.7 Å². The highest BCUT2D eigenvalue weighted by Gasteiger charge is 2.21. The molecule has 3 heterocycles. The quantitative estimate of drug-likeness (QED) is 0.719. The standard InChI is InChI=1S/C23H25N5O/c1-17-6-5-13-24-22(17)25-23(29)20-9-10-21(27-26-20)28-14-11-19(12-15-28)16-18-7-3-2-4-8-18/h2-10,13,19H,11-12,14-16H2,1H3,(H,24,25,29). The Labute approximate surface area is 171 Å². The summed E-state index contributed by atoms with van der Waals surface area (Å²) in [5.74, 6) is 1.78. The highest BCUT2D eigenvalue weighted by Crippen LogP contribution is 2.24. The number of pyridine rings is 1. The second kappa shape index (κ2) is 8.82. The number of piperidine rings is 1. The molecule has 0 atom stereocenters. The molecule has 1 N–H and O–H groups in total. The zero-order chi connectivity index (χ0) is 20.1. The molecule has 148 valence electrons. The lowest BCUT2D eigenvalue weighted by molar-refractivity contribution is 0.102. The van der Waals surface area contributed by atoms with Crippen LogP contribution in [0.15, 0.2) is 60.8 Å². The molecule has 1 aliphatic heterocycles. The van der Waals surface area contributed by atoms with E-state index in [1.165, 1.54) is 5.56 Å². The minimum Gasteiger partial charge on any atom is -0.355 e. The molecule has 1 amide bonds. The van der Waals surface area contributed by atoms with Crippen molar-refractivity contribution in [3.63, 3.8) is 0 Å². The second-order valence-electron chi connectivity index (χ2n) is 7.52. The van der Waals surface area contributed by atoms with Gasteiger partial charge in [-0.15, -0.1) is 10.2 Å². The van der Waals surface area contributed by atoms with Crippen LogP contribution in [0.4, 0.5) is 11.6 Å². The molecule has 1 saturated heterocycles. The Hall–Kier alpha value is -3.28. The third-order valence-corrected chi connectivity index (χ3v) is 5.43. The lowest BCUT2D eigenvalue weighted by Crippen LogP contribution is -2.35. The molecule has 0 saturated carbocycles. The van der Waals surface area contributed by atoms with E-state index < -0.39 is 0 Å². The number of carbonyl (C=O) groups excluding carboxylic acids is 1. The van der Waals surface area contributed by atoms with Gasteiger partial charge in [0.05, 0.1) is 0 Å². The van der Waals surface area contributed by atoms with Crippen LogP contribution >= 0.6 is 0 Å². The first kappa shape index (κ1) is 19.1. The van der Waals surface area contributed by atoms with Gasteiger partial charge in [0.15, 0.2) is 11.5 Å². The number of rotatable bonds is 5. The van der Waals surface area contributed by atoms with Crippen LogP contribution < -0.4 is 10.2 Å². The average Bonchev–Trinajstić information content (AvgIpc) is 2.77. The molecule has 1 aromatic carbocycles. The molecular weight excluding hydrogens is 362 g/mol. The molecule has 1 aliphatic rings. The van der Waals surface area contributed by atoms with Gasteiger partial charge in [-0.2, -0.15) is 0 Å². The molecule has 1 fully saturated rings. The van der Waals surface area contributed by atoms with E-state index in [1.54, 1.807) is 12.3 Å². The van der Waals surface area contributed by atoms with Gasteiger partial charge in [0.2, 0.25) is 0 Å². The maximum absolute atomic E-state index is 12.4. The van der Waals surface area contributed by atoms with Crippen molar-refractivity contribution in [3.8, 4) is 0 Å². The predicted molar refractivity (Wildman–Crippen MR) is 114 cm³/mol. The zero-order valence-electron chi connectivity index (χ0n) is 16.6. The van der Waals surface area contributed by atoms with E-state index in [2.05, 4.69) is 55.7 Å². The van der Waals surface area contributed by atoms with Crippen molar-refractivity contribution in [3.05, 3.63) is 77.6 Å². The number of anilines is 2.